The smallest absolute Gasteiger partial charge is 0.137 e. The van der Waals surface area contributed by atoms with Crippen molar-refractivity contribution in [2.24, 2.45) is 0 Å². The Bertz CT molecular complexity index is 441. The summed E-state index contributed by atoms with van der Waals surface area (Å²) < 4.78 is 5.41. The average Bonchev–Trinajstić information content (AvgIpc) is 2.26. The molecule has 0 saturated heterocycles. The summed E-state index contributed by atoms with van der Waals surface area (Å²) >= 11 is 6.00. The number of hydrogen-bond acceptors (Lipinski definition) is 4. The highest BCUT2D eigenvalue weighted by atomic mass is 35.5. The molecule has 1 N–H and O–H groups in total. The van der Waals surface area contributed by atoms with Gasteiger partial charge in [0.25, 0.3) is 0 Å². The van der Waals surface area contributed by atoms with Crippen LogP contribution in [0, 0.1) is 0 Å². The van der Waals surface area contributed by atoms with Gasteiger partial charge >= 0.3 is 0 Å². The second-order valence-corrected chi connectivity index (χ2v) is 5.97. The number of hydrogen-bond donors (Lipinski definition) is 1. The van der Waals surface area contributed by atoms with Crippen molar-refractivity contribution in [2.45, 2.75) is 33.1 Å². The van der Waals surface area contributed by atoms with E-state index in [4.69, 9.17) is 16.3 Å². The predicted molar refractivity (Wildman–Crippen MR) is 79.9 cm³/mol. The number of nitrogens with zero attached hydrogens (tertiary/aromatic N) is 2. The molecule has 106 valence electrons. The minimum absolute atomic E-state index is 0.127. The van der Waals surface area contributed by atoms with Crippen molar-refractivity contribution in [1.29, 1.82) is 0 Å². The molecular weight excluding hydrogens is 262 g/mol. The third-order valence-electron chi connectivity index (χ3n) is 2.27. The minimum Gasteiger partial charge on any atom is -0.375 e. The van der Waals surface area contributed by atoms with Crippen LogP contribution in [0.4, 0.5) is 5.82 Å². The Morgan fingerprint density at radius 3 is 2.68 bits per heavy atom. The topological polar surface area (TPSA) is 47.0 Å². The molecule has 0 radical (unpaired) electrons. The first-order valence-corrected chi connectivity index (χ1v) is 6.68. The lowest BCUT2D eigenvalue weighted by Crippen LogP contribution is -2.18. The molecule has 1 aromatic rings. The first kappa shape index (κ1) is 15.9. The summed E-state index contributed by atoms with van der Waals surface area (Å²) in [7, 11) is 0. The molecule has 0 aliphatic heterocycles. The van der Waals surface area contributed by atoms with E-state index in [1.165, 1.54) is 0 Å². The number of halogens is 1. The van der Waals surface area contributed by atoms with Crippen LogP contribution >= 0.6 is 11.6 Å². The lowest BCUT2D eigenvalue weighted by molar-refractivity contribution is 0.167. The van der Waals surface area contributed by atoms with Crippen molar-refractivity contribution in [3.05, 3.63) is 29.2 Å². The van der Waals surface area contributed by atoms with Crippen LogP contribution in [0.25, 0.3) is 0 Å². The molecule has 1 aromatic heterocycles. The largest absolute Gasteiger partial charge is 0.375 e. The van der Waals surface area contributed by atoms with E-state index in [0.29, 0.717) is 24.9 Å². The van der Waals surface area contributed by atoms with Crippen molar-refractivity contribution in [3.8, 4) is 0 Å². The van der Waals surface area contributed by atoms with Gasteiger partial charge in [0, 0.05) is 18.0 Å². The van der Waals surface area contributed by atoms with E-state index >= 15 is 0 Å². The van der Waals surface area contributed by atoms with Crippen LogP contribution in [0.1, 0.15) is 33.5 Å². The van der Waals surface area contributed by atoms with Crippen molar-refractivity contribution < 1.29 is 4.74 Å². The lowest BCUT2D eigenvalue weighted by Gasteiger charge is -2.17. The van der Waals surface area contributed by atoms with E-state index < -0.39 is 0 Å². The van der Waals surface area contributed by atoms with E-state index in [2.05, 4.69) is 42.6 Å². The Morgan fingerprint density at radius 2 is 2.11 bits per heavy atom. The molecule has 5 heteroatoms. The van der Waals surface area contributed by atoms with Gasteiger partial charge in [-0.25, -0.2) is 9.97 Å². The molecule has 0 aliphatic rings. The van der Waals surface area contributed by atoms with Gasteiger partial charge in [-0.3, -0.25) is 0 Å². The fraction of sp³-hybridized carbons (Fsp3) is 0.571. The van der Waals surface area contributed by atoms with Crippen molar-refractivity contribution >= 4 is 17.4 Å². The summed E-state index contributed by atoms with van der Waals surface area (Å²) in [6.45, 7) is 13.7. The summed E-state index contributed by atoms with van der Waals surface area (Å²) in [4.78, 5) is 8.70. The van der Waals surface area contributed by atoms with Gasteiger partial charge in [0.05, 0.1) is 13.2 Å². The van der Waals surface area contributed by atoms with Gasteiger partial charge in [-0.05, 0) is 6.92 Å². The third-order valence-corrected chi connectivity index (χ3v) is 2.46. The Kier molecular flexibility index (Phi) is 5.76. The number of aromatic nitrogens is 2. The molecule has 0 aliphatic carbocycles. The van der Waals surface area contributed by atoms with E-state index in [-0.39, 0.29) is 5.41 Å². The summed E-state index contributed by atoms with van der Waals surface area (Å²) in [6.07, 6.45) is 0. The van der Waals surface area contributed by atoms with Crippen molar-refractivity contribution in [1.82, 2.24) is 9.97 Å². The molecule has 1 rings (SSSR count). The van der Waals surface area contributed by atoms with E-state index in [1.54, 1.807) is 6.07 Å². The van der Waals surface area contributed by atoms with Crippen LogP contribution in [-0.2, 0) is 10.2 Å². The van der Waals surface area contributed by atoms with E-state index in [1.807, 2.05) is 6.92 Å². The molecule has 0 amide bonds. The summed E-state index contributed by atoms with van der Waals surface area (Å²) in [5.41, 5.74) is 0.887. The van der Waals surface area contributed by atoms with Crippen LogP contribution in [0.5, 0.6) is 0 Å². The third kappa shape index (κ3) is 6.03. The van der Waals surface area contributed by atoms with Crippen LogP contribution in [-0.4, -0.2) is 29.7 Å². The number of ether oxygens (including phenoxy) is 1. The van der Waals surface area contributed by atoms with Crippen LogP contribution < -0.4 is 5.32 Å². The zero-order valence-electron chi connectivity index (χ0n) is 12.1. The molecule has 0 aromatic carbocycles. The maximum absolute atomic E-state index is 6.00. The maximum atomic E-state index is 6.00. The molecular formula is C14H22ClN3O. The van der Waals surface area contributed by atoms with Crippen LogP contribution in [0.3, 0.4) is 0 Å². The standard InChI is InChI=1S/C14H22ClN3O/c1-10(2)9-19-7-6-16-12-8-11(15)17-13(18-12)14(3,4)5/h8H,1,6-7,9H2,2-5H3,(H,16,17,18). The SMILES string of the molecule is C=C(C)COCCNc1cc(Cl)nc(C(C)(C)C)n1. The first-order valence-electron chi connectivity index (χ1n) is 6.30. The molecule has 1 heterocycles. The number of rotatable bonds is 6. The molecule has 0 bridgehead atoms. The molecule has 4 nitrogen and oxygen atoms in total. The van der Waals surface area contributed by atoms with Gasteiger partial charge < -0.3 is 10.1 Å². The highest BCUT2D eigenvalue weighted by Crippen LogP contribution is 2.22. The fourth-order valence-corrected chi connectivity index (χ4v) is 1.52. The van der Waals surface area contributed by atoms with Crippen molar-refractivity contribution in [2.75, 3.05) is 25.1 Å². The molecule has 0 atom stereocenters. The molecule has 0 spiro atoms. The molecule has 19 heavy (non-hydrogen) atoms. The van der Waals surface area contributed by atoms with Gasteiger partial charge in [-0.2, -0.15) is 0 Å². The van der Waals surface area contributed by atoms with Gasteiger partial charge in [0.1, 0.15) is 16.8 Å². The minimum atomic E-state index is -0.127. The number of nitrogens with one attached hydrogen (secondary N) is 1. The quantitative estimate of drug-likeness (QED) is 0.494. The Morgan fingerprint density at radius 1 is 1.42 bits per heavy atom. The highest BCUT2D eigenvalue weighted by Gasteiger charge is 2.18. The molecule has 0 fully saturated rings. The highest BCUT2D eigenvalue weighted by molar-refractivity contribution is 6.29. The van der Waals surface area contributed by atoms with Gasteiger partial charge in [-0.15, -0.1) is 0 Å². The predicted octanol–water partition coefficient (Wildman–Crippen LogP) is 3.43. The van der Waals surface area contributed by atoms with Gasteiger partial charge in [0.2, 0.25) is 0 Å². The van der Waals surface area contributed by atoms with E-state index in [0.717, 1.165) is 17.2 Å². The van der Waals surface area contributed by atoms with E-state index in [9.17, 15) is 0 Å². The second-order valence-electron chi connectivity index (χ2n) is 5.59. The number of anilines is 1. The molecule has 0 unspecified atom stereocenters. The maximum Gasteiger partial charge on any atom is 0.137 e. The Balaban J connectivity index is 2.54. The fourth-order valence-electron chi connectivity index (χ4n) is 1.34. The van der Waals surface area contributed by atoms with Crippen molar-refractivity contribution in [3.63, 3.8) is 0 Å². The Labute approximate surface area is 120 Å². The van der Waals surface area contributed by atoms with Crippen LogP contribution in [0.2, 0.25) is 5.15 Å². The molecule has 0 saturated carbocycles. The lowest BCUT2D eigenvalue weighted by atomic mass is 9.96. The monoisotopic (exact) mass is 283 g/mol. The summed E-state index contributed by atoms with van der Waals surface area (Å²) in [6, 6.07) is 1.72. The second kappa shape index (κ2) is 6.87. The zero-order chi connectivity index (χ0) is 14.5. The Hall–Kier alpha value is -1.13. The first-order chi connectivity index (χ1) is 8.79. The van der Waals surface area contributed by atoms with Crippen LogP contribution in [0.15, 0.2) is 18.2 Å². The average molecular weight is 284 g/mol. The summed E-state index contributed by atoms with van der Waals surface area (Å²) in [5.74, 6) is 1.45. The van der Waals surface area contributed by atoms with Gasteiger partial charge in [0.15, 0.2) is 0 Å². The zero-order valence-corrected chi connectivity index (χ0v) is 12.8. The normalized spacial score (nSPS) is 11.4. The van der Waals surface area contributed by atoms with Gasteiger partial charge in [-0.1, -0.05) is 44.5 Å². The summed E-state index contributed by atoms with van der Waals surface area (Å²) in [5, 5.41) is 3.63.